The topological polar surface area (TPSA) is 137 Å². The average Bonchev–Trinajstić information content (AvgIpc) is 3.52. The summed E-state index contributed by atoms with van der Waals surface area (Å²) in [4.78, 5) is 28.9. The smallest absolute Gasteiger partial charge is 0.304 e. The molecule has 0 saturated carbocycles. The first kappa shape index (κ1) is 25.8. The van der Waals surface area contributed by atoms with Gasteiger partial charge in [-0.15, -0.1) is 0 Å². The van der Waals surface area contributed by atoms with Crippen LogP contribution >= 0.6 is 0 Å². The predicted octanol–water partition coefficient (Wildman–Crippen LogP) is 3.12. The number of aliphatic hydroxyl groups is 3. The number of carbonyl (C=O) groups is 2. The van der Waals surface area contributed by atoms with Gasteiger partial charge in [0.25, 0.3) is 11.8 Å². The van der Waals surface area contributed by atoms with Crippen molar-refractivity contribution in [3.63, 3.8) is 0 Å². The highest BCUT2D eigenvalue weighted by molar-refractivity contribution is 6.39. The van der Waals surface area contributed by atoms with Gasteiger partial charge in [-0.2, -0.15) is 0 Å². The van der Waals surface area contributed by atoms with Gasteiger partial charge in [-0.3, -0.25) is 14.9 Å². The van der Waals surface area contributed by atoms with Crippen LogP contribution in [0.1, 0.15) is 26.9 Å². The number of rotatable bonds is 2. The van der Waals surface area contributed by atoms with Crippen molar-refractivity contribution in [1.82, 2.24) is 14.9 Å². The summed E-state index contributed by atoms with van der Waals surface area (Å²) in [6, 6.07) is 2.83. The molecule has 4 heterocycles. The van der Waals surface area contributed by atoms with Gasteiger partial charge >= 0.3 is 5.92 Å². The SMILES string of the molecule is O=C1NC(=O)c2c1c1c3cc(F)c(F)cc3[nH]c1c1c2c2cc(F)c(F)cc2n1[C@@H]1O[C@H](CO)C(F)(F)[C@H](O)[C@H]1O. The summed E-state index contributed by atoms with van der Waals surface area (Å²) in [6.45, 7) is -1.32. The number of fused-ring (bicyclic) bond motifs is 10. The van der Waals surface area contributed by atoms with Gasteiger partial charge in [0, 0.05) is 39.2 Å². The fourth-order valence-corrected chi connectivity index (χ4v) is 5.92. The van der Waals surface area contributed by atoms with E-state index in [1.54, 1.807) is 0 Å². The molecule has 9 nitrogen and oxygen atoms in total. The Morgan fingerprint density at radius 1 is 0.878 bits per heavy atom. The van der Waals surface area contributed by atoms with E-state index in [2.05, 4.69) is 10.3 Å². The highest BCUT2D eigenvalue weighted by Crippen LogP contribution is 2.48. The van der Waals surface area contributed by atoms with E-state index < -0.39 is 72.2 Å². The third-order valence-corrected chi connectivity index (χ3v) is 7.72. The van der Waals surface area contributed by atoms with Crippen LogP contribution in [0, 0.1) is 23.3 Å². The third-order valence-electron chi connectivity index (χ3n) is 7.72. The monoisotopic (exact) mass is 579 g/mol. The normalized spacial score (nSPS) is 24.2. The van der Waals surface area contributed by atoms with Crippen LogP contribution in [0.5, 0.6) is 0 Å². The number of hydrogen-bond acceptors (Lipinski definition) is 6. The molecule has 4 atom stereocenters. The van der Waals surface area contributed by atoms with Crippen molar-refractivity contribution in [2.45, 2.75) is 30.5 Å². The number of nitrogens with zero attached hydrogens (tertiary/aromatic N) is 1. The van der Waals surface area contributed by atoms with Crippen molar-refractivity contribution in [3.8, 4) is 0 Å². The maximum absolute atomic E-state index is 14.6. The number of halogens is 6. The molecule has 2 amide bonds. The Balaban J connectivity index is 1.73. The molecule has 15 heteroatoms. The Morgan fingerprint density at radius 2 is 1.46 bits per heavy atom. The number of nitrogens with one attached hydrogen (secondary N) is 2. The largest absolute Gasteiger partial charge is 0.393 e. The molecule has 2 aliphatic rings. The molecule has 0 spiro atoms. The van der Waals surface area contributed by atoms with Gasteiger partial charge < -0.3 is 29.6 Å². The summed E-state index contributed by atoms with van der Waals surface area (Å²) in [6.07, 6.45) is -9.62. The lowest BCUT2D eigenvalue weighted by Crippen LogP contribution is -2.60. The highest BCUT2D eigenvalue weighted by Gasteiger charge is 2.58. The fraction of sp³-hybridized carbons (Fsp3) is 0.231. The number of aromatic amines is 1. The minimum absolute atomic E-state index is 0.0685. The molecule has 0 bridgehead atoms. The van der Waals surface area contributed by atoms with Crippen molar-refractivity contribution in [3.05, 3.63) is 58.7 Å². The van der Waals surface area contributed by atoms with E-state index in [0.29, 0.717) is 12.1 Å². The molecule has 212 valence electrons. The number of alkyl halides is 2. The summed E-state index contributed by atoms with van der Waals surface area (Å²) in [5.41, 5.74) is -1.44. The van der Waals surface area contributed by atoms with E-state index in [4.69, 9.17) is 4.74 Å². The maximum atomic E-state index is 14.6. The molecule has 3 aromatic carbocycles. The minimum Gasteiger partial charge on any atom is -0.393 e. The zero-order valence-corrected chi connectivity index (χ0v) is 20.1. The fourth-order valence-electron chi connectivity index (χ4n) is 5.92. The van der Waals surface area contributed by atoms with Crippen molar-refractivity contribution in [2.24, 2.45) is 0 Å². The number of ether oxygens (including phenoxy) is 1. The van der Waals surface area contributed by atoms with E-state index in [1.165, 1.54) is 0 Å². The van der Waals surface area contributed by atoms with Crippen molar-refractivity contribution in [1.29, 1.82) is 0 Å². The second kappa shape index (κ2) is 8.19. The zero-order chi connectivity index (χ0) is 29.3. The summed E-state index contributed by atoms with van der Waals surface area (Å²) in [5.74, 6) is -11.4. The molecular weight excluding hydrogens is 564 g/mol. The number of benzene rings is 3. The Labute approximate surface area is 222 Å². The Bertz CT molecular complexity index is 2020. The quantitative estimate of drug-likeness (QED) is 0.161. The molecule has 2 aliphatic heterocycles. The van der Waals surface area contributed by atoms with E-state index in [1.807, 2.05) is 0 Å². The van der Waals surface area contributed by atoms with Crippen LogP contribution < -0.4 is 5.32 Å². The van der Waals surface area contributed by atoms with Crippen LogP contribution in [0.25, 0.3) is 43.6 Å². The number of aromatic nitrogens is 2. The summed E-state index contributed by atoms with van der Waals surface area (Å²) >= 11 is 0. The van der Waals surface area contributed by atoms with E-state index in [9.17, 15) is 51.3 Å². The number of aliphatic hydroxyl groups excluding tert-OH is 3. The average molecular weight is 579 g/mol. The maximum Gasteiger partial charge on any atom is 0.304 e. The molecule has 1 saturated heterocycles. The lowest BCUT2D eigenvalue weighted by Gasteiger charge is -2.42. The van der Waals surface area contributed by atoms with E-state index >= 15 is 0 Å². The molecule has 1 fully saturated rings. The molecular formula is C26H15F6N3O6. The lowest BCUT2D eigenvalue weighted by atomic mass is 9.96. The number of imide groups is 1. The molecule has 5 N–H and O–H groups in total. The van der Waals surface area contributed by atoms with Crippen LogP contribution in [0.3, 0.4) is 0 Å². The second-order valence-electron chi connectivity index (χ2n) is 9.91. The van der Waals surface area contributed by atoms with Gasteiger partial charge in [0.15, 0.2) is 35.6 Å². The van der Waals surface area contributed by atoms with Gasteiger partial charge in [0.1, 0.15) is 12.2 Å². The summed E-state index contributed by atoms with van der Waals surface area (Å²) in [7, 11) is 0. The van der Waals surface area contributed by atoms with Crippen LogP contribution in [0.2, 0.25) is 0 Å². The van der Waals surface area contributed by atoms with Crippen molar-refractivity contribution in [2.75, 3.05) is 6.61 Å². The first-order chi connectivity index (χ1) is 19.4. The molecule has 2 aromatic heterocycles. The van der Waals surface area contributed by atoms with Gasteiger partial charge in [0.05, 0.1) is 34.3 Å². The number of amides is 2. The molecule has 7 rings (SSSR count). The minimum atomic E-state index is -4.14. The van der Waals surface area contributed by atoms with Gasteiger partial charge in [-0.25, -0.2) is 26.3 Å². The van der Waals surface area contributed by atoms with Crippen LogP contribution in [0.15, 0.2) is 24.3 Å². The van der Waals surface area contributed by atoms with Crippen LogP contribution in [0.4, 0.5) is 26.3 Å². The summed E-state index contributed by atoms with van der Waals surface area (Å²) in [5, 5.41) is 32.1. The molecule has 0 unspecified atom stereocenters. The molecule has 5 aromatic rings. The Kier molecular flexibility index (Phi) is 5.15. The number of carbonyl (C=O) groups excluding carboxylic acids is 2. The van der Waals surface area contributed by atoms with E-state index in [-0.39, 0.29) is 54.7 Å². The zero-order valence-electron chi connectivity index (χ0n) is 20.1. The van der Waals surface area contributed by atoms with E-state index in [0.717, 1.165) is 16.7 Å². The third kappa shape index (κ3) is 3.16. The van der Waals surface area contributed by atoms with Crippen molar-refractivity contribution >= 4 is 55.4 Å². The second-order valence-corrected chi connectivity index (χ2v) is 9.91. The van der Waals surface area contributed by atoms with Crippen LogP contribution in [-0.2, 0) is 4.74 Å². The molecule has 0 radical (unpaired) electrons. The van der Waals surface area contributed by atoms with Crippen molar-refractivity contribution < 1.29 is 56.0 Å². The molecule has 41 heavy (non-hydrogen) atoms. The first-order valence-corrected chi connectivity index (χ1v) is 12.0. The lowest BCUT2D eigenvalue weighted by molar-refractivity contribution is -0.309. The number of hydrogen-bond donors (Lipinski definition) is 5. The first-order valence-electron chi connectivity index (χ1n) is 12.0. The predicted molar refractivity (Wildman–Crippen MR) is 128 cm³/mol. The van der Waals surface area contributed by atoms with Gasteiger partial charge in [0.2, 0.25) is 0 Å². The number of H-pyrrole nitrogens is 1. The Hall–Kier alpha value is -4.18. The highest BCUT2D eigenvalue weighted by atomic mass is 19.3. The summed E-state index contributed by atoms with van der Waals surface area (Å²) < 4.78 is 93.2. The van der Waals surface area contributed by atoms with Gasteiger partial charge in [-0.05, 0) is 12.1 Å². The van der Waals surface area contributed by atoms with Crippen LogP contribution in [-0.4, -0.2) is 67.5 Å². The Morgan fingerprint density at radius 3 is 2.12 bits per heavy atom. The van der Waals surface area contributed by atoms with Gasteiger partial charge in [-0.1, -0.05) is 0 Å². The standard InChI is InChI=1S/C26H15F6N3O6/c27-8-1-6-12(3-10(8)29)33-19-15(6)17-18(24(40)34-23(17)39)16-7-2-9(28)11(30)4-13(7)35(20(16)19)25-21(37)22(38)26(31,32)14(5-36)41-25/h1-4,14,21-22,25,33,36-38H,5H2,(H,34,39,40)/t14-,21-,22-,25-/m1/s1. The molecule has 0 aliphatic carbocycles.